The maximum Gasteiger partial charge on any atom is 0.338 e. The molecule has 0 radical (unpaired) electrons. The molecular formula is C12H12FNO5S. The first kappa shape index (κ1) is 14.6. The molecule has 1 saturated heterocycles. The van der Waals surface area contributed by atoms with Crippen LogP contribution in [0.25, 0.3) is 0 Å². The molecule has 1 aromatic rings. The van der Waals surface area contributed by atoms with Gasteiger partial charge in [-0.1, -0.05) is 11.0 Å². The van der Waals surface area contributed by atoms with Gasteiger partial charge >= 0.3 is 5.97 Å². The van der Waals surface area contributed by atoms with Gasteiger partial charge in [0, 0.05) is 0 Å². The maximum absolute atomic E-state index is 14.1. The average molecular weight is 301 g/mol. The molecule has 1 aromatic carbocycles. The average Bonchev–Trinajstić information content (AvgIpc) is 2.78. The van der Waals surface area contributed by atoms with Crippen LogP contribution in [0.4, 0.5) is 4.39 Å². The molecule has 1 heterocycles. The minimum absolute atomic E-state index is 0.0262. The van der Waals surface area contributed by atoms with E-state index in [2.05, 4.69) is 6.58 Å². The van der Waals surface area contributed by atoms with Crippen molar-refractivity contribution in [2.45, 2.75) is 11.8 Å². The molecule has 0 saturated carbocycles. The van der Waals surface area contributed by atoms with E-state index < -0.39 is 32.3 Å². The predicted molar refractivity (Wildman–Crippen MR) is 67.1 cm³/mol. The molecule has 108 valence electrons. The van der Waals surface area contributed by atoms with E-state index in [0.717, 1.165) is 12.1 Å². The van der Waals surface area contributed by atoms with Crippen LogP contribution < -0.4 is 0 Å². The number of benzene rings is 1. The number of aromatic carboxylic acids is 1. The lowest BCUT2D eigenvalue weighted by Crippen LogP contribution is -2.28. The van der Waals surface area contributed by atoms with Gasteiger partial charge in [0.15, 0.2) is 5.82 Å². The van der Waals surface area contributed by atoms with Crippen LogP contribution in [0.15, 0.2) is 29.2 Å². The number of hydrogen-bond donors (Lipinski definition) is 1. The fourth-order valence-corrected chi connectivity index (χ4v) is 3.21. The molecular weight excluding hydrogens is 289 g/mol. The van der Waals surface area contributed by atoms with Crippen LogP contribution in [0.5, 0.6) is 0 Å². The molecule has 0 spiro atoms. The van der Waals surface area contributed by atoms with Crippen molar-refractivity contribution in [1.29, 1.82) is 0 Å². The molecule has 0 aliphatic carbocycles. The maximum atomic E-state index is 14.1. The Bertz CT molecular complexity index is 698. The third-order valence-corrected chi connectivity index (χ3v) is 4.35. The first-order chi connectivity index (χ1) is 9.23. The van der Waals surface area contributed by atoms with Crippen molar-refractivity contribution in [3.05, 3.63) is 41.2 Å². The van der Waals surface area contributed by atoms with Crippen molar-refractivity contribution in [2.75, 3.05) is 13.2 Å². The molecule has 0 bridgehead atoms. The Morgan fingerprint density at radius 1 is 1.50 bits per heavy atom. The van der Waals surface area contributed by atoms with Crippen molar-refractivity contribution in [2.24, 2.45) is 0 Å². The van der Waals surface area contributed by atoms with Gasteiger partial charge in [-0.25, -0.2) is 17.6 Å². The summed E-state index contributed by atoms with van der Waals surface area (Å²) in [6.07, 6.45) is 0. The summed E-state index contributed by atoms with van der Waals surface area (Å²) in [5.41, 5.74) is 0.155. The number of halogens is 1. The van der Waals surface area contributed by atoms with Gasteiger partial charge in [-0.3, -0.25) is 4.84 Å². The van der Waals surface area contributed by atoms with Gasteiger partial charge in [-0.05, 0) is 30.2 Å². The lowest BCUT2D eigenvalue weighted by molar-refractivity contribution is -0.0277. The van der Waals surface area contributed by atoms with Crippen molar-refractivity contribution in [1.82, 2.24) is 4.47 Å². The van der Waals surface area contributed by atoms with E-state index >= 15 is 0 Å². The van der Waals surface area contributed by atoms with Gasteiger partial charge in [0.25, 0.3) is 10.0 Å². The Labute approximate surface area is 115 Å². The van der Waals surface area contributed by atoms with Crippen molar-refractivity contribution in [3.8, 4) is 0 Å². The van der Waals surface area contributed by atoms with Crippen molar-refractivity contribution in [3.63, 3.8) is 0 Å². The largest absolute Gasteiger partial charge is 0.478 e. The molecule has 6 nitrogen and oxygen atoms in total. The topological polar surface area (TPSA) is 83.9 Å². The third kappa shape index (κ3) is 2.45. The fourth-order valence-electron chi connectivity index (χ4n) is 1.78. The second-order valence-electron chi connectivity index (χ2n) is 4.42. The summed E-state index contributed by atoms with van der Waals surface area (Å²) in [7, 11) is -4.27. The van der Waals surface area contributed by atoms with E-state index in [1.165, 1.54) is 6.92 Å². The molecule has 8 heteroatoms. The van der Waals surface area contributed by atoms with Crippen molar-refractivity contribution < 1.29 is 27.5 Å². The highest BCUT2D eigenvalue weighted by atomic mass is 32.2. The van der Waals surface area contributed by atoms with Crippen molar-refractivity contribution >= 4 is 16.0 Å². The second kappa shape index (κ2) is 4.97. The number of rotatable bonds is 3. The Hall–Kier alpha value is -1.77. The summed E-state index contributed by atoms with van der Waals surface area (Å²) < 4.78 is 39.2. The van der Waals surface area contributed by atoms with Crippen LogP contribution in [-0.2, 0) is 14.9 Å². The number of carbonyl (C=O) groups is 1. The molecule has 0 atom stereocenters. The van der Waals surface area contributed by atoms with Crippen LogP contribution in [0.1, 0.15) is 15.9 Å². The lowest BCUT2D eigenvalue weighted by Gasteiger charge is -2.15. The third-order valence-electron chi connectivity index (χ3n) is 2.73. The standard InChI is InChI=1S/C12H12FNO5S/c1-7-3-9(12(15)16)11(13)10(4-7)20(17,18)14-5-8(2)6-19-14/h3-4H,2,5-6H2,1H3,(H,15,16). The zero-order valence-electron chi connectivity index (χ0n) is 10.6. The Morgan fingerprint density at radius 3 is 2.65 bits per heavy atom. The highest BCUT2D eigenvalue weighted by molar-refractivity contribution is 7.89. The van der Waals surface area contributed by atoms with Gasteiger partial charge in [0.05, 0.1) is 18.7 Å². The quantitative estimate of drug-likeness (QED) is 0.851. The molecule has 1 N–H and O–H groups in total. The highest BCUT2D eigenvalue weighted by Gasteiger charge is 2.34. The van der Waals surface area contributed by atoms with Crippen LogP contribution >= 0.6 is 0 Å². The summed E-state index contributed by atoms with van der Waals surface area (Å²) in [5, 5.41) is 8.89. The number of hydroxylamine groups is 1. The predicted octanol–water partition coefficient (Wildman–Crippen LogP) is 1.32. The van der Waals surface area contributed by atoms with Crippen LogP contribution in [0.2, 0.25) is 0 Å². The zero-order chi connectivity index (χ0) is 15.1. The molecule has 1 fully saturated rings. The van der Waals surface area contributed by atoms with Gasteiger partial charge in [-0.2, -0.15) is 0 Å². The van der Waals surface area contributed by atoms with E-state index in [1.807, 2.05) is 0 Å². The summed E-state index contributed by atoms with van der Waals surface area (Å²) in [5.74, 6) is -2.83. The van der Waals surface area contributed by atoms with Gasteiger partial charge in [-0.15, -0.1) is 0 Å². The lowest BCUT2D eigenvalue weighted by atomic mass is 10.1. The number of carboxylic acids is 1. The van der Waals surface area contributed by atoms with Gasteiger partial charge in [0.2, 0.25) is 0 Å². The van der Waals surface area contributed by atoms with Crippen LogP contribution in [0.3, 0.4) is 0 Å². The molecule has 1 aliphatic heterocycles. The number of sulfonamides is 1. The van der Waals surface area contributed by atoms with E-state index in [0.29, 0.717) is 15.6 Å². The van der Waals surface area contributed by atoms with E-state index in [9.17, 15) is 17.6 Å². The molecule has 0 aromatic heterocycles. The Kier molecular flexibility index (Phi) is 3.63. The SMILES string of the molecule is C=C1CON(S(=O)(=O)c2cc(C)cc(C(=O)O)c2F)C1. The highest BCUT2D eigenvalue weighted by Crippen LogP contribution is 2.26. The number of hydrogen-bond acceptors (Lipinski definition) is 4. The van der Waals surface area contributed by atoms with Gasteiger partial charge in [0.1, 0.15) is 4.90 Å². The molecule has 0 amide bonds. The zero-order valence-corrected chi connectivity index (χ0v) is 11.4. The molecule has 2 rings (SSSR count). The molecule has 20 heavy (non-hydrogen) atoms. The summed E-state index contributed by atoms with van der Waals surface area (Å²) in [6, 6.07) is 2.14. The summed E-state index contributed by atoms with van der Waals surface area (Å²) in [4.78, 5) is 15.1. The van der Waals surface area contributed by atoms with Crippen LogP contribution in [0, 0.1) is 12.7 Å². The Balaban J connectivity index is 2.57. The van der Waals surface area contributed by atoms with E-state index in [-0.39, 0.29) is 13.2 Å². The fraction of sp³-hybridized carbons (Fsp3) is 0.250. The van der Waals surface area contributed by atoms with E-state index in [4.69, 9.17) is 9.94 Å². The second-order valence-corrected chi connectivity index (χ2v) is 6.22. The number of carboxylic acid groups (broad SMARTS) is 1. The number of aryl methyl sites for hydroxylation is 1. The Morgan fingerprint density at radius 2 is 2.15 bits per heavy atom. The summed E-state index contributed by atoms with van der Waals surface area (Å²) in [6.45, 7) is 5.00. The smallest absolute Gasteiger partial charge is 0.338 e. The van der Waals surface area contributed by atoms with Crippen LogP contribution in [-0.4, -0.2) is 37.1 Å². The summed E-state index contributed by atoms with van der Waals surface area (Å²) >= 11 is 0. The number of nitrogens with zero attached hydrogens (tertiary/aromatic N) is 1. The minimum atomic E-state index is -4.27. The molecule has 0 unspecified atom stereocenters. The first-order valence-electron chi connectivity index (χ1n) is 5.59. The van der Waals surface area contributed by atoms with Gasteiger partial charge < -0.3 is 5.11 Å². The van der Waals surface area contributed by atoms with E-state index in [1.54, 1.807) is 0 Å². The normalized spacial score (nSPS) is 16.6. The first-order valence-corrected chi connectivity index (χ1v) is 7.03. The minimum Gasteiger partial charge on any atom is -0.478 e. The monoisotopic (exact) mass is 301 g/mol. The molecule has 1 aliphatic rings.